The first-order valence-electron chi connectivity index (χ1n) is 4.69. The lowest BCUT2D eigenvalue weighted by Crippen LogP contribution is -2.04. The summed E-state index contributed by atoms with van der Waals surface area (Å²) in [6, 6.07) is 4.94. The standard InChI is InChI=1S/C11H11F3OS/c1-8(6-15)7-16-10-4-2-9(3-5-10)11(12,13)14/h2-6,8H,7H2,1H3. The van der Waals surface area contributed by atoms with Crippen molar-refractivity contribution in [2.75, 3.05) is 5.75 Å². The molecule has 1 nitrogen and oxygen atoms in total. The maximum atomic E-state index is 12.2. The second-order valence-electron chi connectivity index (χ2n) is 3.45. The van der Waals surface area contributed by atoms with Crippen LogP contribution in [0.4, 0.5) is 13.2 Å². The van der Waals surface area contributed by atoms with Gasteiger partial charge in [-0.2, -0.15) is 13.2 Å². The number of halogens is 3. The van der Waals surface area contributed by atoms with E-state index in [4.69, 9.17) is 0 Å². The van der Waals surface area contributed by atoms with Gasteiger partial charge in [0.15, 0.2) is 0 Å². The van der Waals surface area contributed by atoms with Gasteiger partial charge in [0.05, 0.1) is 5.56 Å². The predicted octanol–water partition coefficient (Wildman–Crippen LogP) is 3.63. The van der Waals surface area contributed by atoms with Crippen LogP contribution in [0.15, 0.2) is 29.2 Å². The van der Waals surface area contributed by atoms with E-state index in [9.17, 15) is 18.0 Å². The number of benzene rings is 1. The zero-order valence-electron chi connectivity index (χ0n) is 8.62. The number of rotatable bonds is 4. The van der Waals surface area contributed by atoms with Crippen LogP contribution in [0.3, 0.4) is 0 Å². The molecule has 1 rings (SSSR count). The van der Waals surface area contributed by atoms with Crippen molar-refractivity contribution in [2.45, 2.75) is 18.0 Å². The summed E-state index contributed by atoms with van der Waals surface area (Å²) in [6.07, 6.45) is -3.46. The summed E-state index contributed by atoms with van der Waals surface area (Å²) in [6.45, 7) is 1.77. The third kappa shape index (κ3) is 3.89. The molecule has 0 fully saturated rings. The Bertz CT molecular complexity index is 345. The number of alkyl halides is 3. The van der Waals surface area contributed by atoms with Crippen LogP contribution in [0, 0.1) is 5.92 Å². The third-order valence-corrected chi connectivity index (χ3v) is 3.22. The van der Waals surface area contributed by atoms with Gasteiger partial charge in [-0.1, -0.05) is 6.92 Å². The predicted molar refractivity (Wildman–Crippen MR) is 57.4 cm³/mol. The zero-order valence-corrected chi connectivity index (χ0v) is 9.44. The Hall–Kier alpha value is -0.970. The van der Waals surface area contributed by atoms with Gasteiger partial charge in [-0.3, -0.25) is 0 Å². The summed E-state index contributed by atoms with van der Waals surface area (Å²) < 4.78 is 36.7. The molecule has 0 aliphatic carbocycles. The van der Waals surface area contributed by atoms with Crippen LogP contribution in [-0.4, -0.2) is 12.0 Å². The first-order chi connectivity index (χ1) is 7.43. The van der Waals surface area contributed by atoms with E-state index in [1.807, 2.05) is 0 Å². The Labute approximate surface area is 96.0 Å². The van der Waals surface area contributed by atoms with E-state index in [2.05, 4.69) is 0 Å². The Balaban J connectivity index is 2.62. The molecule has 5 heteroatoms. The average molecular weight is 248 g/mol. The van der Waals surface area contributed by atoms with Crippen LogP contribution in [0.1, 0.15) is 12.5 Å². The summed E-state index contributed by atoms with van der Waals surface area (Å²) in [5.74, 6) is 0.488. The minimum absolute atomic E-state index is 0.0905. The fraction of sp³-hybridized carbons (Fsp3) is 0.364. The van der Waals surface area contributed by atoms with E-state index < -0.39 is 11.7 Å². The topological polar surface area (TPSA) is 17.1 Å². The second-order valence-corrected chi connectivity index (χ2v) is 4.54. The Morgan fingerprint density at radius 3 is 2.31 bits per heavy atom. The lowest BCUT2D eigenvalue weighted by molar-refractivity contribution is -0.137. The van der Waals surface area contributed by atoms with E-state index in [0.29, 0.717) is 5.75 Å². The molecule has 0 aromatic heterocycles. The van der Waals surface area contributed by atoms with Crippen molar-refractivity contribution in [3.05, 3.63) is 29.8 Å². The third-order valence-electron chi connectivity index (χ3n) is 1.93. The van der Waals surface area contributed by atoms with Crippen molar-refractivity contribution in [1.82, 2.24) is 0 Å². The number of carbonyl (C=O) groups is 1. The van der Waals surface area contributed by atoms with Crippen molar-refractivity contribution in [2.24, 2.45) is 5.92 Å². The van der Waals surface area contributed by atoms with E-state index in [-0.39, 0.29) is 5.92 Å². The highest BCUT2D eigenvalue weighted by molar-refractivity contribution is 7.99. The highest BCUT2D eigenvalue weighted by Crippen LogP contribution is 2.30. The molecule has 0 spiro atoms. The van der Waals surface area contributed by atoms with Gasteiger partial charge in [0.1, 0.15) is 6.29 Å². The van der Waals surface area contributed by atoms with Gasteiger partial charge in [-0.15, -0.1) is 11.8 Å². The SMILES string of the molecule is CC(C=O)CSc1ccc(C(F)(F)F)cc1. The summed E-state index contributed by atoms with van der Waals surface area (Å²) in [4.78, 5) is 11.1. The summed E-state index contributed by atoms with van der Waals surface area (Å²) >= 11 is 1.37. The van der Waals surface area contributed by atoms with Crippen molar-refractivity contribution in [3.8, 4) is 0 Å². The van der Waals surface area contributed by atoms with Crippen LogP contribution in [0.25, 0.3) is 0 Å². The van der Waals surface area contributed by atoms with Crippen molar-refractivity contribution >= 4 is 18.0 Å². The normalized spacial score (nSPS) is 13.5. The lowest BCUT2D eigenvalue weighted by atomic mass is 10.2. The zero-order chi connectivity index (χ0) is 12.2. The summed E-state index contributed by atoms with van der Waals surface area (Å²) in [7, 11) is 0. The first-order valence-corrected chi connectivity index (χ1v) is 5.67. The molecule has 0 heterocycles. The minimum Gasteiger partial charge on any atom is -0.303 e. The minimum atomic E-state index is -4.29. The van der Waals surface area contributed by atoms with Gasteiger partial charge in [-0.05, 0) is 24.3 Å². The molecular weight excluding hydrogens is 237 g/mol. The fourth-order valence-corrected chi connectivity index (χ4v) is 1.87. The molecule has 1 aromatic carbocycles. The Morgan fingerprint density at radius 1 is 1.31 bits per heavy atom. The smallest absolute Gasteiger partial charge is 0.303 e. The number of thioether (sulfide) groups is 1. The highest BCUT2D eigenvalue weighted by atomic mass is 32.2. The fourth-order valence-electron chi connectivity index (χ4n) is 1.01. The highest BCUT2D eigenvalue weighted by Gasteiger charge is 2.29. The first kappa shape index (κ1) is 13.1. The van der Waals surface area contributed by atoms with Crippen LogP contribution in [-0.2, 0) is 11.0 Å². The number of hydrogen-bond donors (Lipinski definition) is 0. The van der Waals surface area contributed by atoms with E-state index in [1.165, 1.54) is 23.9 Å². The van der Waals surface area contributed by atoms with E-state index in [1.54, 1.807) is 6.92 Å². The van der Waals surface area contributed by atoms with Gasteiger partial charge in [-0.25, -0.2) is 0 Å². The van der Waals surface area contributed by atoms with Crippen molar-refractivity contribution in [3.63, 3.8) is 0 Å². The molecule has 0 aliphatic heterocycles. The number of hydrogen-bond acceptors (Lipinski definition) is 2. The molecular formula is C11H11F3OS. The molecule has 88 valence electrons. The van der Waals surface area contributed by atoms with Crippen LogP contribution < -0.4 is 0 Å². The van der Waals surface area contributed by atoms with Gasteiger partial charge < -0.3 is 4.79 Å². The van der Waals surface area contributed by atoms with Crippen molar-refractivity contribution < 1.29 is 18.0 Å². The maximum absolute atomic E-state index is 12.2. The maximum Gasteiger partial charge on any atom is 0.416 e. The molecule has 1 unspecified atom stereocenters. The quantitative estimate of drug-likeness (QED) is 0.598. The molecule has 0 aliphatic rings. The van der Waals surface area contributed by atoms with Crippen LogP contribution in [0.5, 0.6) is 0 Å². The number of aldehydes is 1. The van der Waals surface area contributed by atoms with Crippen LogP contribution in [0.2, 0.25) is 0 Å². The summed E-state index contributed by atoms with van der Waals surface area (Å²) in [5.41, 5.74) is -0.653. The molecule has 0 saturated carbocycles. The van der Waals surface area contributed by atoms with Gasteiger partial charge in [0, 0.05) is 16.6 Å². The molecule has 16 heavy (non-hydrogen) atoms. The molecule has 0 N–H and O–H groups in total. The van der Waals surface area contributed by atoms with Gasteiger partial charge >= 0.3 is 6.18 Å². The number of carbonyl (C=O) groups excluding carboxylic acids is 1. The molecule has 0 saturated heterocycles. The molecule has 0 bridgehead atoms. The monoisotopic (exact) mass is 248 g/mol. The van der Waals surface area contributed by atoms with Crippen LogP contribution >= 0.6 is 11.8 Å². The second kappa shape index (κ2) is 5.39. The van der Waals surface area contributed by atoms with E-state index in [0.717, 1.165) is 23.3 Å². The lowest BCUT2D eigenvalue weighted by Gasteiger charge is -2.08. The van der Waals surface area contributed by atoms with E-state index >= 15 is 0 Å². The average Bonchev–Trinajstić information content (AvgIpc) is 2.25. The van der Waals surface area contributed by atoms with Crippen molar-refractivity contribution in [1.29, 1.82) is 0 Å². The molecule has 1 atom stereocenters. The Morgan fingerprint density at radius 2 is 1.88 bits per heavy atom. The largest absolute Gasteiger partial charge is 0.416 e. The molecule has 1 aromatic rings. The van der Waals surface area contributed by atoms with Gasteiger partial charge in [0.2, 0.25) is 0 Å². The summed E-state index contributed by atoms with van der Waals surface area (Å²) in [5, 5.41) is 0. The van der Waals surface area contributed by atoms with Gasteiger partial charge in [0.25, 0.3) is 0 Å². The molecule has 0 amide bonds. The molecule has 0 radical (unpaired) electrons. The Kier molecular flexibility index (Phi) is 4.41.